The van der Waals surface area contributed by atoms with Crippen LogP contribution in [0.1, 0.15) is 29.6 Å². The summed E-state index contributed by atoms with van der Waals surface area (Å²) >= 11 is 0. The van der Waals surface area contributed by atoms with Crippen molar-refractivity contribution in [3.05, 3.63) is 42.4 Å². The summed E-state index contributed by atoms with van der Waals surface area (Å²) in [5.74, 6) is 0.334. The second kappa shape index (κ2) is 7.16. The maximum Gasteiger partial charge on any atom is 0.416 e. The van der Waals surface area contributed by atoms with E-state index < -0.39 is 6.09 Å². The van der Waals surface area contributed by atoms with Crippen LogP contribution in [0.25, 0.3) is 16.8 Å². The molecule has 0 radical (unpaired) electrons. The Kier molecular flexibility index (Phi) is 4.34. The lowest BCUT2D eigenvalue weighted by Crippen LogP contribution is -2.35. The molecule has 2 amide bonds. The van der Waals surface area contributed by atoms with E-state index in [4.69, 9.17) is 4.74 Å². The molecule has 9 nitrogen and oxygen atoms in total. The lowest BCUT2D eigenvalue weighted by atomic mass is 10.1. The summed E-state index contributed by atoms with van der Waals surface area (Å²) in [5.41, 5.74) is 2.87. The van der Waals surface area contributed by atoms with Gasteiger partial charge in [-0.15, -0.1) is 0 Å². The van der Waals surface area contributed by atoms with E-state index in [9.17, 15) is 9.59 Å². The number of ether oxygens (including phenoxy) is 1. The van der Waals surface area contributed by atoms with Crippen LogP contribution in [0.4, 0.5) is 10.7 Å². The number of carbonyl (C=O) groups excluding carboxylic acids is 2. The van der Waals surface area contributed by atoms with Gasteiger partial charge in [0.05, 0.1) is 29.5 Å². The van der Waals surface area contributed by atoms with Gasteiger partial charge in [0.2, 0.25) is 5.95 Å². The summed E-state index contributed by atoms with van der Waals surface area (Å²) in [6.07, 6.45) is 7.76. The van der Waals surface area contributed by atoms with Gasteiger partial charge in [-0.2, -0.15) is 5.10 Å². The minimum atomic E-state index is -0.437. The van der Waals surface area contributed by atoms with E-state index in [0.29, 0.717) is 24.7 Å². The molecule has 0 atom stereocenters. The highest BCUT2D eigenvalue weighted by atomic mass is 16.6. The molecule has 0 unspecified atom stereocenters. The number of rotatable bonds is 3. The Morgan fingerprint density at radius 3 is 2.52 bits per heavy atom. The van der Waals surface area contributed by atoms with E-state index in [1.807, 2.05) is 23.1 Å². The highest BCUT2D eigenvalue weighted by Crippen LogP contribution is 2.24. The van der Waals surface area contributed by atoms with Gasteiger partial charge in [0.1, 0.15) is 6.61 Å². The molecule has 29 heavy (non-hydrogen) atoms. The summed E-state index contributed by atoms with van der Waals surface area (Å²) in [6.45, 7) is 2.37. The molecule has 2 saturated heterocycles. The molecular formula is C20H20N6O3. The number of pyridine rings is 1. The number of aromatic nitrogens is 4. The molecule has 0 aromatic carbocycles. The largest absolute Gasteiger partial charge is 0.447 e. The van der Waals surface area contributed by atoms with E-state index in [1.54, 1.807) is 23.1 Å². The number of anilines is 1. The zero-order valence-corrected chi connectivity index (χ0v) is 15.8. The first-order valence-electron chi connectivity index (χ1n) is 9.75. The molecule has 2 aliphatic rings. The van der Waals surface area contributed by atoms with Crippen LogP contribution in [0.5, 0.6) is 0 Å². The van der Waals surface area contributed by atoms with E-state index in [-0.39, 0.29) is 5.91 Å². The highest BCUT2D eigenvalue weighted by molar-refractivity contribution is 6.01. The van der Waals surface area contributed by atoms with Gasteiger partial charge >= 0.3 is 6.09 Å². The molecule has 5 heterocycles. The van der Waals surface area contributed by atoms with Crippen molar-refractivity contribution in [3.63, 3.8) is 0 Å². The van der Waals surface area contributed by atoms with Crippen molar-refractivity contribution in [2.75, 3.05) is 31.1 Å². The van der Waals surface area contributed by atoms with Gasteiger partial charge in [0.25, 0.3) is 5.91 Å². The molecule has 5 rings (SSSR count). The van der Waals surface area contributed by atoms with Crippen molar-refractivity contribution in [1.29, 1.82) is 0 Å². The Morgan fingerprint density at radius 1 is 1.00 bits per heavy atom. The van der Waals surface area contributed by atoms with Gasteiger partial charge in [-0.1, -0.05) is 6.07 Å². The van der Waals surface area contributed by atoms with Crippen LogP contribution in [0.15, 0.2) is 36.8 Å². The Morgan fingerprint density at radius 2 is 1.79 bits per heavy atom. The van der Waals surface area contributed by atoms with Crippen LogP contribution in [-0.4, -0.2) is 62.7 Å². The number of cyclic esters (lactones) is 1. The molecule has 3 aromatic heterocycles. The van der Waals surface area contributed by atoms with Gasteiger partial charge in [-0.05, 0) is 31.4 Å². The number of likely N-dealkylation sites (tertiary alicyclic amines) is 1. The number of hydrogen-bond donors (Lipinski definition) is 0. The summed E-state index contributed by atoms with van der Waals surface area (Å²) < 4.78 is 6.66. The van der Waals surface area contributed by atoms with Crippen LogP contribution >= 0.6 is 0 Å². The van der Waals surface area contributed by atoms with E-state index >= 15 is 0 Å². The van der Waals surface area contributed by atoms with Gasteiger partial charge in [-0.25, -0.2) is 24.2 Å². The third kappa shape index (κ3) is 3.08. The summed E-state index contributed by atoms with van der Waals surface area (Å²) in [6, 6.07) is 5.69. The van der Waals surface area contributed by atoms with Crippen molar-refractivity contribution in [2.24, 2.45) is 0 Å². The molecular weight excluding hydrogens is 372 g/mol. The van der Waals surface area contributed by atoms with Gasteiger partial charge in [0, 0.05) is 31.0 Å². The van der Waals surface area contributed by atoms with Crippen LogP contribution in [0, 0.1) is 0 Å². The molecule has 0 aliphatic carbocycles. The second-order valence-corrected chi connectivity index (χ2v) is 7.16. The third-order valence-electron chi connectivity index (χ3n) is 5.35. The number of fused-ring (bicyclic) bond motifs is 1. The Bertz CT molecular complexity index is 1070. The minimum absolute atomic E-state index is 0.0241. The molecule has 0 bridgehead atoms. The first-order chi connectivity index (χ1) is 14.2. The molecule has 2 fully saturated rings. The summed E-state index contributed by atoms with van der Waals surface area (Å²) in [7, 11) is 0. The first kappa shape index (κ1) is 17.6. The Labute approximate surface area is 166 Å². The number of hydrogen-bond acceptors (Lipinski definition) is 6. The minimum Gasteiger partial charge on any atom is -0.447 e. The number of carbonyl (C=O) groups is 2. The highest BCUT2D eigenvalue weighted by Gasteiger charge is 2.26. The first-order valence-corrected chi connectivity index (χ1v) is 9.75. The Hall–Kier alpha value is -3.49. The lowest BCUT2D eigenvalue weighted by Gasteiger charge is -2.26. The average molecular weight is 392 g/mol. The van der Waals surface area contributed by atoms with E-state index in [1.165, 1.54) is 11.3 Å². The summed E-state index contributed by atoms with van der Waals surface area (Å²) in [5, 5.41) is 4.45. The zero-order chi connectivity index (χ0) is 19.8. The van der Waals surface area contributed by atoms with E-state index in [0.717, 1.165) is 42.7 Å². The number of piperidine rings is 1. The molecule has 0 saturated carbocycles. The number of amides is 2. The van der Waals surface area contributed by atoms with Crippen molar-refractivity contribution < 1.29 is 14.3 Å². The molecule has 2 aliphatic heterocycles. The van der Waals surface area contributed by atoms with Crippen LogP contribution in [0.3, 0.4) is 0 Å². The molecule has 148 valence electrons. The van der Waals surface area contributed by atoms with Crippen molar-refractivity contribution >= 4 is 23.5 Å². The molecule has 9 heteroatoms. The quantitative estimate of drug-likeness (QED) is 0.679. The van der Waals surface area contributed by atoms with Crippen molar-refractivity contribution in [1.82, 2.24) is 24.5 Å². The third-order valence-corrected chi connectivity index (χ3v) is 5.35. The predicted octanol–water partition coefficient (Wildman–Crippen LogP) is 2.37. The predicted molar refractivity (Wildman–Crippen MR) is 105 cm³/mol. The Balaban J connectivity index is 1.47. The average Bonchev–Trinajstić information content (AvgIpc) is 3.40. The smallest absolute Gasteiger partial charge is 0.416 e. The SMILES string of the molecule is O=C(c1cnn2c(-c3cnc(N4CCOC4=O)nc3)cccc12)N1CCCCC1. The van der Waals surface area contributed by atoms with Crippen molar-refractivity contribution in [3.8, 4) is 11.3 Å². The fourth-order valence-corrected chi connectivity index (χ4v) is 3.83. The van der Waals surface area contributed by atoms with Gasteiger partial charge < -0.3 is 9.64 Å². The monoisotopic (exact) mass is 392 g/mol. The number of nitrogens with zero attached hydrogens (tertiary/aromatic N) is 6. The summed E-state index contributed by atoms with van der Waals surface area (Å²) in [4.78, 5) is 36.5. The van der Waals surface area contributed by atoms with Gasteiger partial charge in [0.15, 0.2) is 0 Å². The lowest BCUT2D eigenvalue weighted by molar-refractivity contribution is 0.0726. The maximum absolute atomic E-state index is 12.9. The second-order valence-electron chi connectivity index (χ2n) is 7.16. The standard InChI is InChI=1S/C20H20N6O3/c27-18(24-7-2-1-3-8-24)15-13-23-26-16(5-4-6-17(15)26)14-11-21-19(22-12-14)25-9-10-29-20(25)28/h4-6,11-13H,1-3,7-10H2. The molecule has 0 N–H and O–H groups in total. The molecule has 3 aromatic rings. The fraction of sp³-hybridized carbons (Fsp3) is 0.350. The van der Waals surface area contributed by atoms with Crippen LogP contribution < -0.4 is 4.90 Å². The fourth-order valence-electron chi connectivity index (χ4n) is 3.83. The van der Waals surface area contributed by atoms with Crippen molar-refractivity contribution in [2.45, 2.75) is 19.3 Å². The van der Waals surface area contributed by atoms with E-state index in [2.05, 4.69) is 15.1 Å². The van der Waals surface area contributed by atoms with Crippen LogP contribution in [-0.2, 0) is 4.74 Å². The molecule has 0 spiro atoms. The normalized spacial score (nSPS) is 17.0. The van der Waals surface area contributed by atoms with Gasteiger partial charge in [-0.3, -0.25) is 4.79 Å². The zero-order valence-electron chi connectivity index (χ0n) is 15.8. The topological polar surface area (TPSA) is 92.9 Å². The van der Waals surface area contributed by atoms with Crippen LogP contribution in [0.2, 0.25) is 0 Å². The maximum atomic E-state index is 12.9.